The lowest BCUT2D eigenvalue weighted by Gasteiger charge is -2.26. The molecule has 1 atom stereocenters. The number of halogens is 1. The summed E-state index contributed by atoms with van der Waals surface area (Å²) in [6, 6.07) is 21.2. The van der Waals surface area contributed by atoms with Crippen molar-refractivity contribution in [2.45, 2.75) is 19.1 Å². The molecule has 0 fully saturated rings. The minimum Gasteiger partial charge on any atom is -0.354 e. The molecule has 0 radical (unpaired) electrons. The molecular weight excluding hydrogens is 487 g/mol. The van der Waals surface area contributed by atoms with Crippen molar-refractivity contribution in [3.05, 3.63) is 89.7 Å². The monoisotopic (exact) mass is 518 g/mol. The number of guanidine groups is 1. The Morgan fingerprint density at radius 3 is 2.33 bits per heavy atom. The third-order valence-corrected chi connectivity index (χ3v) is 4.95. The normalized spacial score (nSPS) is 12.3. The zero-order valence-corrected chi connectivity index (χ0v) is 20.2. The number of aromatic nitrogens is 2. The van der Waals surface area contributed by atoms with Gasteiger partial charge in [-0.25, -0.2) is 0 Å². The Kier molecular flexibility index (Phi) is 9.82. The average Bonchev–Trinajstić information content (AvgIpc) is 3.25. The van der Waals surface area contributed by atoms with Gasteiger partial charge < -0.3 is 15.5 Å². The van der Waals surface area contributed by atoms with Crippen LogP contribution in [0.25, 0.3) is 0 Å². The molecule has 0 amide bonds. The average molecular weight is 518 g/mol. The van der Waals surface area contributed by atoms with E-state index in [0.29, 0.717) is 6.54 Å². The molecule has 1 heterocycles. The topological polar surface area (TPSA) is 57.5 Å². The second-order valence-electron chi connectivity index (χ2n) is 7.17. The fraction of sp³-hybridized carbons (Fsp3) is 0.304. The van der Waals surface area contributed by atoms with Crippen LogP contribution in [0.1, 0.15) is 22.7 Å². The van der Waals surface area contributed by atoms with Gasteiger partial charge in [0.05, 0.1) is 12.6 Å². The molecule has 1 unspecified atom stereocenters. The highest BCUT2D eigenvalue weighted by Crippen LogP contribution is 2.16. The molecule has 2 N–H and O–H groups in total. The highest BCUT2D eigenvalue weighted by Gasteiger charge is 2.14. The standard InChI is InChI=1S/C23H30N6.HI/c1-24-23(26-17-22(28(2)3)19-10-5-4-6-11-19)25-16-20-12-7-8-13-21(20)18-29-15-9-14-27-29;/h4-15,22H,16-18H2,1-3H3,(H2,24,25,26);1H. The Balaban J connectivity index is 0.00000320. The summed E-state index contributed by atoms with van der Waals surface area (Å²) in [5.74, 6) is 0.793. The number of nitrogens with zero attached hydrogens (tertiary/aromatic N) is 4. The molecule has 160 valence electrons. The highest BCUT2D eigenvalue weighted by molar-refractivity contribution is 14.0. The van der Waals surface area contributed by atoms with E-state index < -0.39 is 0 Å². The number of aliphatic imine (C=N–C) groups is 1. The lowest BCUT2D eigenvalue weighted by atomic mass is 10.1. The summed E-state index contributed by atoms with van der Waals surface area (Å²) in [6.07, 6.45) is 3.79. The molecule has 3 aromatic rings. The molecule has 1 aromatic heterocycles. The molecule has 0 bridgehead atoms. The molecule has 0 saturated carbocycles. The van der Waals surface area contributed by atoms with Crippen molar-refractivity contribution in [2.75, 3.05) is 27.7 Å². The second kappa shape index (κ2) is 12.3. The summed E-state index contributed by atoms with van der Waals surface area (Å²) in [6.45, 7) is 2.23. The van der Waals surface area contributed by atoms with Crippen molar-refractivity contribution in [1.82, 2.24) is 25.3 Å². The third-order valence-electron chi connectivity index (χ3n) is 4.95. The summed E-state index contributed by atoms with van der Waals surface area (Å²) >= 11 is 0. The molecule has 0 aliphatic rings. The van der Waals surface area contributed by atoms with Gasteiger partial charge in [-0.2, -0.15) is 5.10 Å². The second-order valence-corrected chi connectivity index (χ2v) is 7.17. The predicted molar refractivity (Wildman–Crippen MR) is 134 cm³/mol. The zero-order chi connectivity index (χ0) is 20.5. The van der Waals surface area contributed by atoms with Crippen molar-refractivity contribution in [3.8, 4) is 0 Å². The van der Waals surface area contributed by atoms with E-state index in [-0.39, 0.29) is 30.0 Å². The number of hydrogen-bond acceptors (Lipinski definition) is 3. The maximum absolute atomic E-state index is 4.39. The van der Waals surface area contributed by atoms with Gasteiger partial charge in [-0.3, -0.25) is 9.67 Å². The fourth-order valence-electron chi connectivity index (χ4n) is 3.32. The van der Waals surface area contributed by atoms with Crippen LogP contribution in [-0.2, 0) is 13.1 Å². The molecule has 7 heteroatoms. The van der Waals surface area contributed by atoms with Crippen LogP contribution in [0.4, 0.5) is 0 Å². The zero-order valence-electron chi connectivity index (χ0n) is 17.8. The van der Waals surface area contributed by atoms with E-state index in [1.807, 2.05) is 23.0 Å². The smallest absolute Gasteiger partial charge is 0.191 e. The van der Waals surface area contributed by atoms with Crippen LogP contribution in [0.5, 0.6) is 0 Å². The first-order valence-corrected chi connectivity index (χ1v) is 9.87. The van der Waals surface area contributed by atoms with Gasteiger partial charge in [0.15, 0.2) is 5.96 Å². The van der Waals surface area contributed by atoms with Gasteiger partial charge in [-0.1, -0.05) is 54.6 Å². The lowest BCUT2D eigenvalue weighted by molar-refractivity contribution is 0.298. The van der Waals surface area contributed by atoms with Crippen molar-refractivity contribution in [1.29, 1.82) is 0 Å². The molecule has 3 rings (SSSR count). The Hall–Kier alpha value is -2.39. The predicted octanol–water partition coefficient (Wildman–Crippen LogP) is 3.52. The number of rotatable bonds is 8. The van der Waals surface area contributed by atoms with Crippen LogP contribution in [0.15, 0.2) is 78.0 Å². The van der Waals surface area contributed by atoms with E-state index in [2.05, 4.69) is 88.3 Å². The Bertz CT molecular complexity index is 893. The van der Waals surface area contributed by atoms with Gasteiger partial charge in [0.2, 0.25) is 0 Å². The molecule has 0 aliphatic heterocycles. The maximum Gasteiger partial charge on any atom is 0.191 e. The van der Waals surface area contributed by atoms with Crippen LogP contribution in [0.3, 0.4) is 0 Å². The number of hydrogen-bond donors (Lipinski definition) is 2. The maximum atomic E-state index is 4.39. The minimum absolute atomic E-state index is 0. The summed E-state index contributed by atoms with van der Waals surface area (Å²) in [5.41, 5.74) is 3.76. The summed E-state index contributed by atoms with van der Waals surface area (Å²) in [7, 11) is 6.00. The van der Waals surface area contributed by atoms with Gasteiger partial charge in [0.1, 0.15) is 0 Å². The van der Waals surface area contributed by atoms with Gasteiger partial charge >= 0.3 is 0 Å². The Morgan fingerprint density at radius 1 is 1.00 bits per heavy atom. The number of likely N-dealkylation sites (N-methyl/N-ethyl adjacent to an activating group) is 1. The molecular formula is C23H31IN6. The molecule has 6 nitrogen and oxygen atoms in total. The van der Waals surface area contributed by atoms with Gasteiger partial charge in [0, 0.05) is 32.5 Å². The molecule has 0 spiro atoms. The van der Waals surface area contributed by atoms with E-state index in [0.717, 1.165) is 19.0 Å². The van der Waals surface area contributed by atoms with E-state index in [9.17, 15) is 0 Å². The van der Waals surface area contributed by atoms with E-state index in [4.69, 9.17) is 0 Å². The third kappa shape index (κ3) is 6.84. The Morgan fingerprint density at radius 2 is 1.70 bits per heavy atom. The summed E-state index contributed by atoms with van der Waals surface area (Å²) in [5, 5.41) is 11.2. The quantitative estimate of drug-likeness (QED) is 0.272. The van der Waals surface area contributed by atoms with Crippen molar-refractivity contribution in [3.63, 3.8) is 0 Å². The first kappa shape index (κ1) is 23.9. The van der Waals surface area contributed by atoms with Crippen LogP contribution in [-0.4, -0.2) is 48.3 Å². The van der Waals surface area contributed by atoms with Crippen LogP contribution in [0, 0.1) is 0 Å². The molecule has 30 heavy (non-hydrogen) atoms. The largest absolute Gasteiger partial charge is 0.354 e. The lowest BCUT2D eigenvalue weighted by Crippen LogP contribution is -2.41. The first-order valence-electron chi connectivity index (χ1n) is 9.87. The minimum atomic E-state index is 0. The van der Waals surface area contributed by atoms with Crippen LogP contribution in [0.2, 0.25) is 0 Å². The van der Waals surface area contributed by atoms with Gasteiger partial charge in [-0.05, 0) is 36.9 Å². The van der Waals surface area contributed by atoms with E-state index in [1.165, 1.54) is 16.7 Å². The fourth-order valence-corrected chi connectivity index (χ4v) is 3.32. The molecule has 2 aromatic carbocycles. The van der Waals surface area contributed by atoms with E-state index in [1.54, 1.807) is 13.2 Å². The highest BCUT2D eigenvalue weighted by atomic mass is 127. The number of benzene rings is 2. The van der Waals surface area contributed by atoms with Crippen molar-refractivity contribution < 1.29 is 0 Å². The first-order chi connectivity index (χ1) is 14.2. The van der Waals surface area contributed by atoms with Gasteiger partial charge in [0.25, 0.3) is 0 Å². The Labute approximate surface area is 196 Å². The SMILES string of the molecule is CN=C(NCc1ccccc1Cn1cccn1)NCC(c1ccccc1)N(C)C.I. The number of nitrogens with one attached hydrogen (secondary N) is 2. The van der Waals surface area contributed by atoms with Crippen LogP contribution >= 0.6 is 24.0 Å². The van der Waals surface area contributed by atoms with Gasteiger partial charge in [-0.15, -0.1) is 24.0 Å². The molecule has 0 aliphatic carbocycles. The van der Waals surface area contributed by atoms with Crippen LogP contribution < -0.4 is 10.6 Å². The van der Waals surface area contributed by atoms with Crippen molar-refractivity contribution in [2.24, 2.45) is 4.99 Å². The summed E-state index contributed by atoms with van der Waals surface area (Å²) in [4.78, 5) is 6.61. The van der Waals surface area contributed by atoms with E-state index >= 15 is 0 Å². The van der Waals surface area contributed by atoms with Crippen molar-refractivity contribution >= 4 is 29.9 Å². The summed E-state index contributed by atoms with van der Waals surface area (Å²) < 4.78 is 1.94. The molecule has 0 saturated heterocycles.